The summed E-state index contributed by atoms with van der Waals surface area (Å²) in [4.78, 5) is 11.0. The van der Waals surface area contributed by atoms with Crippen LogP contribution in [0.3, 0.4) is 0 Å². The van der Waals surface area contributed by atoms with Crippen LogP contribution in [-0.2, 0) is 34.1 Å². The molecule has 0 aromatic heterocycles. The van der Waals surface area contributed by atoms with Gasteiger partial charge in [-0.3, -0.25) is 4.79 Å². The zero-order chi connectivity index (χ0) is 27.8. The summed E-state index contributed by atoms with van der Waals surface area (Å²) in [5, 5.41) is 0.171. The van der Waals surface area contributed by atoms with E-state index in [1.54, 1.807) is 0 Å². The summed E-state index contributed by atoms with van der Waals surface area (Å²) >= 11 is 5.81. The van der Waals surface area contributed by atoms with E-state index in [1.807, 2.05) is 0 Å². The van der Waals surface area contributed by atoms with Crippen molar-refractivity contribution in [2.45, 2.75) is 46.9 Å². The molecular formula is C22H21ClF5NO6S2. The smallest absolute Gasteiger partial charge is 0.469 e. The predicted octanol–water partition coefficient (Wildman–Crippen LogP) is 4.55. The van der Waals surface area contributed by atoms with E-state index in [2.05, 4.69) is 4.74 Å². The van der Waals surface area contributed by atoms with E-state index in [9.17, 15) is 43.6 Å². The summed E-state index contributed by atoms with van der Waals surface area (Å²) in [6.45, 7) is -0.787. The van der Waals surface area contributed by atoms with Crippen molar-refractivity contribution in [1.29, 1.82) is 0 Å². The van der Waals surface area contributed by atoms with Crippen LogP contribution in [0.25, 0.3) is 0 Å². The predicted molar refractivity (Wildman–Crippen MR) is 123 cm³/mol. The Morgan fingerprint density at radius 1 is 1.08 bits per heavy atom. The Morgan fingerprint density at radius 2 is 1.68 bits per heavy atom. The Kier molecular flexibility index (Phi) is 8.28. The first-order chi connectivity index (χ1) is 17.1. The molecule has 0 amide bonds. The molecule has 0 heterocycles. The van der Waals surface area contributed by atoms with Crippen LogP contribution in [0, 0.1) is 11.6 Å². The number of methoxy groups -OCH3 is 1. The van der Waals surface area contributed by atoms with Crippen LogP contribution in [0.15, 0.2) is 47.4 Å². The van der Waals surface area contributed by atoms with E-state index in [0.717, 1.165) is 25.3 Å². The fraction of sp³-hybridized carbons (Fsp3) is 0.409. The van der Waals surface area contributed by atoms with Crippen LogP contribution in [-0.4, -0.2) is 52.3 Å². The maximum absolute atomic E-state index is 14.9. The maximum Gasteiger partial charge on any atom is 0.511 e. The van der Waals surface area contributed by atoms with E-state index in [4.69, 9.17) is 11.6 Å². The van der Waals surface area contributed by atoms with Gasteiger partial charge in [-0.2, -0.15) is 17.5 Å². The first-order valence-electron chi connectivity index (χ1n) is 10.7. The van der Waals surface area contributed by atoms with E-state index < -0.39 is 85.1 Å². The molecule has 1 saturated carbocycles. The Morgan fingerprint density at radius 3 is 2.22 bits per heavy atom. The van der Waals surface area contributed by atoms with Crippen molar-refractivity contribution in [3.63, 3.8) is 0 Å². The summed E-state index contributed by atoms with van der Waals surface area (Å²) in [5.74, 6) is -2.92. The van der Waals surface area contributed by atoms with Gasteiger partial charge >= 0.3 is 21.5 Å². The highest BCUT2D eigenvalue weighted by atomic mass is 35.5. The molecule has 0 radical (unpaired) electrons. The minimum absolute atomic E-state index is 0.0583. The molecule has 0 atom stereocenters. The van der Waals surface area contributed by atoms with Crippen LogP contribution in [0.1, 0.15) is 31.2 Å². The van der Waals surface area contributed by atoms with Gasteiger partial charge in [0.05, 0.1) is 12.0 Å². The molecule has 0 N–H and O–H groups in total. The Labute approximate surface area is 215 Å². The first kappa shape index (κ1) is 29.3. The van der Waals surface area contributed by atoms with Gasteiger partial charge in [0.15, 0.2) is 9.84 Å². The molecule has 7 nitrogen and oxygen atoms in total. The molecule has 0 aliphatic heterocycles. The van der Waals surface area contributed by atoms with Crippen LogP contribution < -0.4 is 0 Å². The van der Waals surface area contributed by atoms with Gasteiger partial charge in [-0.15, -0.1) is 0 Å². The molecule has 15 heteroatoms. The summed E-state index contributed by atoms with van der Waals surface area (Å²) in [7, 11) is -9.53. The topological polar surface area (TPSA) is 97.8 Å². The van der Waals surface area contributed by atoms with Gasteiger partial charge in [0, 0.05) is 29.6 Å². The van der Waals surface area contributed by atoms with Crippen LogP contribution in [0.4, 0.5) is 22.0 Å². The number of carbonyl (C=O) groups excluding carboxylic acids is 1. The molecular weight excluding hydrogens is 569 g/mol. The third kappa shape index (κ3) is 5.47. The fourth-order valence-corrected chi connectivity index (χ4v) is 7.81. The molecule has 1 aliphatic rings. The number of sulfone groups is 1. The molecule has 0 spiro atoms. The lowest BCUT2D eigenvalue weighted by atomic mass is 9.74. The number of esters is 1. The number of rotatable bonds is 9. The first-order valence-corrected chi connectivity index (χ1v) is 14.0. The lowest BCUT2D eigenvalue weighted by Crippen LogP contribution is -2.60. The monoisotopic (exact) mass is 589 g/mol. The molecule has 1 fully saturated rings. The quantitative estimate of drug-likeness (QED) is 0.314. The maximum atomic E-state index is 14.9. The normalized spacial score (nSPS) is 20.5. The van der Waals surface area contributed by atoms with Gasteiger partial charge in [0.2, 0.25) is 0 Å². The van der Waals surface area contributed by atoms with Crippen molar-refractivity contribution >= 4 is 37.4 Å². The number of nitrogens with zero attached hydrogens (tertiary/aromatic N) is 1. The van der Waals surface area contributed by atoms with Crippen molar-refractivity contribution < 1.29 is 48.3 Å². The second-order valence-electron chi connectivity index (χ2n) is 8.38. The van der Waals surface area contributed by atoms with Gasteiger partial charge in [-0.1, -0.05) is 11.6 Å². The zero-order valence-corrected chi connectivity index (χ0v) is 21.5. The van der Waals surface area contributed by atoms with E-state index in [1.165, 1.54) is 12.1 Å². The number of ether oxygens (including phenoxy) is 1. The Bertz CT molecular complexity index is 1380. The second kappa shape index (κ2) is 10.5. The van der Waals surface area contributed by atoms with Crippen molar-refractivity contribution in [2.24, 2.45) is 0 Å². The number of hydrogen-bond acceptors (Lipinski definition) is 6. The highest BCUT2D eigenvalue weighted by Gasteiger charge is 2.62. The minimum atomic E-state index is -5.97. The van der Waals surface area contributed by atoms with Crippen molar-refractivity contribution in [1.82, 2.24) is 4.31 Å². The Hall–Kier alpha value is -2.29. The SMILES string of the molecule is COC(=O)CCCN([C@H]1C[C@@](c2cc(F)ccc2F)(S(=O)(=O)c2ccc(Cl)cc2)C1)S(=O)(=O)C(F)(F)F. The highest BCUT2D eigenvalue weighted by molar-refractivity contribution is 7.92. The third-order valence-electron chi connectivity index (χ3n) is 6.18. The minimum Gasteiger partial charge on any atom is -0.469 e. The molecule has 1 aliphatic carbocycles. The van der Waals surface area contributed by atoms with Crippen molar-refractivity contribution in [2.75, 3.05) is 13.7 Å². The summed E-state index contributed by atoms with van der Waals surface area (Å²) in [5.41, 5.74) is -6.37. The van der Waals surface area contributed by atoms with E-state index in [-0.39, 0.29) is 20.6 Å². The highest BCUT2D eigenvalue weighted by Crippen LogP contribution is 2.54. The summed E-state index contributed by atoms with van der Waals surface area (Å²) < 4.78 is 124. The van der Waals surface area contributed by atoms with Gasteiger partial charge in [-0.25, -0.2) is 25.6 Å². The number of sulfonamides is 1. The second-order valence-corrected chi connectivity index (χ2v) is 13.0. The average Bonchev–Trinajstić information content (AvgIpc) is 2.78. The Balaban J connectivity index is 2.08. The number of halogens is 6. The lowest BCUT2D eigenvalue weighted by Gasteiger charge is -2.50. The van der Waals surface area contributed by atoms with Gasteiger partial charge < -0.3 is 4.74 Å². The molecule has 2 aromatic carbocycles. The standard InChI is InChI=1S/C22H21ClF5NO6S2/c1-35-20(30)3-2-10-29(37(33,34)22(26,27)28)16-12-21(13-16,18-11-15(24)6-9-19(18)25)36(31,32)17-7-4-14(23)5-8-17/h4-9,11,16H,2-3,10,12-13H2,1H3/t16-,21+. The average molecular weight is 590 g/mol. The van der Waals surface area contributed by atoms with E-state index >= 15 is 0 Å². The third-order valence-corrected chi connectivity index (χ3v) is 10.6. The van der Waals surface area contributed by atoms with Gasteiger partial charge in [-0.05, 0) is 61.7 Å². The van der Waals surface area contributed by atoms with Gasteiger partial charge in [0.25, 0.3) is 0 Å². The molecule has 204 valence electrons. The number of carbonyl (C=O) groups is 1. The van der Waals surface area contributed by atoms with E-state index in [0.29, 0.717) is 12.1 Å². The van der Waals surface area contributed by atoms with Crippen LogP contribution in [0.5, 0.6) is 0 Å². The largest absolute Gasteiger partial charge is 0.511 e. The van der Waals surface area contributed by atoms with Crippen LogP contribution >= 0.6 is 11.6 Å². The van der Waals surface area contributed by atoms with Crippen molar-refractivity contribution in [3.05, 3.63) is 64.7 Å². The van der Waals surface area contributed by atoms with Gasteiger partial charge in [0.1, 0.15) is 16.4 Å². The summed E-state index contributed by atoms with van der Waals surface area (Å²) in [6, 6.07) is 5.16. The molecule has 37 heavy (non-hydrogen) atoms. The number of hydrogen-bond donors (Lipinski definition) is 0. The molecule has 2 aromatic rings. The lowest BCUT2D eigenvalue weighted by molar-refractivity contribution is -0.140. The fourth-order valence-electron chi connectivity index (χ4n) is 4.29. The zero-order valence-electron chi connectivity index (χ0n) is 19.1. The molecule has 0 saturated heterocycles. The number of benzene rings is 2. The molecule has 0 bridgehead atoms. The summed E-state index contributed by atoms with van der Waals surface area (Å²) in [6.07, 6.45) is -2.36. The molecule has 3 rings (SSSR count). The molecule has 0 unspecified atom stereocenters. The van der Waals surface area contributed by atoms with Crippen LogP contribution in [0.2, 0.25) is 5.02 Å². The number of alkyl halides is 3. The van der Waals surface area contributed by atoms with Crippen molar-refractivity contribution in [3.8, 4) is 0 Å².